The van der Waals surface area contributed by atoms with E-state index in [0.717, 1.165) is 6.42 Å². The van der Waals surface area contributed by atoms with Crippen LogP contribution in [0.15, 0.2) is 29.2 Å². The SMILES string of the molecule is CC(N)CCN(C)c1ccccc1S(=O)(=O)NC(C)C. The van der Waals surface area contributed by atoms with Gasteiger partial charge in [0.25, 0.3) is 0 Å². The number of hydrogen-bond acceptors (Lipinski definition) is 4. The minimum Gasteiger partial charge on any atom is -0.373 e. The van der Waals surface area contributed by atoms with E-state index in [-0.39, 0.29) is 12.1 Å². The van der Waals surface area contributed by atoms with Gasteiger partial charge in [-0.05, 0) is 39.3 Å². The van der Waals surface area contributed by atoms with Crippen LogP contribution in [-0.4, -0.2) is 34.1 Å². The number of para-hydroxylation sites is 1. The fourth-order valence-corrected chi connectivity index (χ4v) is 3.40. The molecule has 0 saturated heterocycles. The van der Waals surface area contributed by atoms with Gasteiger partial charge >= 0.3 is 0 Å². The maximum Gasteiger partial charge on any atom is 0.242 e. The second-order valence-electron chi connectivity index (χ2n) is 5.43. The molecule has 0 heterocycles. The molecule has 1 unspecified atom stereocenters. The molecular formula is C14H25N3O2S. The van der Waals surface area contributed by atoms with Gasteiger partial charge in [-0.3, -0.25) is 0 Å². The van der Waals surface area contributed by atoms with Crippen LogP contribution in [0.3, 0.4) is 0 Å². The molecule has 0 aliphatic carbocycles. The van der Waals surface area contributed by atoms with Crippen LogP contribution in [0, 0.1) is 0 Å². The van der Waals surface area contributed by atoms with Gasteiger partial charge in [-0.15, -0.1) is 0 Å². The Hall–Kier alpha value is -1.11. The van der Waals surface area contributed by atoms with E-state index in [9.17, 15) is 8.42 Å². The molecule has 5 nitrogen and oxygen atoms in total. The number of nitrogens with two attached hydrogens (primary N) is 1. The highest BCUT2D eigenvalue weighted by molar-refractivity contribution is 7.89. The van der Waals surface area contributed by atoms with Crippen LogP contribution in [-0.2, 0) is 10.0 Å². The predicted molar refractivity (Wildman–Crippen MR) is 83.4 cm³/mol. The van der Waals surface area contributed by atoms with Gasteiger partial charge in [0, 0.05) is 25.7 Å². The Balaban J connectivity index is 3.04. The number of rotatable bonds is 7. The van der Waals surface area contributed by atoms with Crippen LogP contribution < -0.4 is 15.4 Å². The number of sulfonamides is 1. The molecule has 114 valence electrons. The predicted octanol–water partition coefficient (Wildman–Crippen LogP) is 1.55. The largest absolute Gasteiger partial charge is 0.373 e. The summed E-state index contributed by atoms with van der Waals surface area (Å²) in [5, 5.41) is 0. The second-order valence-corrected chi connectivity index (χ2v) is 7.11. The smallest absolute Gasteiger partial charge is 0.242 e. The third-order valence-electron chi connectivity index (χ3n) is 2.88. The Labute approximate surface area is 122 Å². The van der Waals surface area contributed by atoms with Gasteiger partial charge in [-0.2, -0.15) is 0 Å². The van der Waals surface area contributed by atoms with E-state index >= 15 is 0 Å². The fraction of sp³-hybridized carbons (Fsp3) is 0.571. The van der Waals surface area contributed by atoms with Gasteiger partial charge in [0.1, 0.15) is 4.90 Å². The van der Waals surface area contributed by atoms with Crippen molar-refractivity contribution in [3.63, 3.8) is 0 Å². The maximum atomic E-state index is 12.3. The van der Waals surface area contributed by atoms with Gasteiger partial charge in [0.2, 0.25) is 10.0 Å². The Bertz CT molecular complexity index is 527. The first kappa shape index (κ1) is 16.9. The van der Waals surface area contributed by atoms with Crippen molar-refractivity contribution in [2.75, 3.05) is 18.5 Å². The number of anilines is 1. The molecule has 1 rings (SSSR count). The summed E-state index contributed by atoms with van der Waals surface area (Å²) in [6.45, 7) is 6.27. The molecule has 0 fully saturated rings. The molecular weight excluding hydrogens is 274 g/mol. The van der Waals surface area contributed by atoms with Gasteiger partial charge in [-0.1, -0.05) is 12.1 Å². The highest BCUT2D eigenvalue weighted by atomic mass is 32.2. The molecule has 6 heteroatoms. The molecule has 0 bridgehead atoms. The highest BCUT2D eigenvalue weighted by Crippen LogP contribution is 2.24. The van der Waals surface area contributed by atoms with Crippen LogP contribution in [0.5, 0.6) is 0 Å². The first-order valence-corrected chi connectivity index (χ1v) is 8.30. The Morgan fingerprint density at radius 1 is 1.25 bits per heavy atom. The van der Waals surface area contributed by atoms with E-state index in [4.69, 9.17) is 5.73 Å². The van der Waals surface area contributed by atoms with Gasteiger partial charge in [0.15, 0.2) is 0 Å². The molecule has 0 amide bonds. The molecule has 0 aliphatic heterocycles. The Morgan fingerprint density at radius 2 is 1.85 bits per heavy atom. The van der Waals surface area contributed by atoms with E-state index in [2.05, 4.69) is 4.72 Å². The quantitative estimate of drug-likeness (QED) is 0.801. The summed E-state index contributed by atoms with van der Waals surface area (Å²) >= 11 is 0. The standard InChI is InChI=1S/C14H25N3O2S/c1-11(2)16-20(18,19)14-8-6-5-7-13(14)17(4)10-9-12(3)15/h5-8,11-12,16H,9-10,15H2,1-4H3. The van der Waals surface area contributed by atoms with E-state index in [1.165, 1.54) is 0 Å². The topological polar surface area (TPSA) is 75.4 Å². The molecule has 3 N–H and O–H groups in total. The van der Waals surface area contributed by atoms with Crippen molar-refractivity contribution in [3.05, 3.63) is 24.3 Å². The third-order valence-corrected chi connectivity index (χ3v) is 4.58. The van der Waals surface area contributed by atoms with Gasteiger partial charge in [-0.25, -0.2) is 13.1 Å². The zero-order valence-electron chi connectivity index (χ0n) is 12.6. The van der Waals surface area contributed by atoms with Crippen LogP contribution >= 0.6 is 0 Å². The lowest BCUT2D eigenvalue weighted by molar-refractivity contribution is 0.569. The van der Waals surface area contributed by atoms with Crippen molar-refractivity contribution in [1.82, 2.24) is 4.72 Å². The average molecular weight is 299 g/mol. The third kappa shape index (κ3) is 4.77. The molecule has 20 heavy (non-hydrogen) atoms. The summed E-state index contributed by atoms with van der Waals surface area (Å²) in [5.41, 5.74) is 6.45. The monoisotopic (exact) mass is 299 g/mol. The van der Waals surface area contributed by atoms with Crippen LogP contribution in [0.4, 0.5) is 5.69 Å². The summed E-state index contributed by atoms with van der Waals surface area (Å²) in [4.78, 5) is 2.24. The Morgan fingerprint density at radius 3 is 2.40 bits per heavy atom. The van der Waals surface area contributed by atoms with E-state index in [1.807, 2.05) is 31.0 Å². The van der Waals surface area contributed by atoms with E-state index in [0.29, 0.717) is 17.1 Å². The van der Waals surface area contributed by atoms with Crippen molar-refractivity contribution in [3.8, 4) is 0 Å². The van der Waals surface area contributed by atoms with Crippen LogP contribution in [0.25, 0.3) is 0 Å². The van der Waals surface area contributed by atoms with Crippen molar-refractivity contribution >= 4 is 15.7 Å². The first-order valence-electron chi connectivity index (χ1n) is 6.82. The van der Waals surface area contributed by atoms with E-state index < -0.39 is 10.0 Å². The lowest BCUT2D eigenvalue weighted by Crippen LogP contribution is -2.32. The van der Waals surface area contributed by atoms with Crippen LogP contribution in [0.2, 0.25) is 0 Å². The molecule has 0 saturated carbocycles. The van der Waals surface area contributed by atoms with Crippen molar-refractivity contribution in [2.45, 2.75) is 44.2 Å². The summed E-state index contributed by atoms with van der Waals surface area (Å²) < 4.78 is 27.3. The molecule has 1 aromatic rings. The molecule has 0 aromatic heterocycles. The number of nitrogens with zero attached hydrogens (tertiary/aromatic N) is 1. The lowest BCUT2D eigenvalue weighted by atomic mass is 10.2. The zero-order chi connectivity index (χ0) is 15.3. The summed E-state index contributed by atoms with van der Waals surface area (Å²) in [6, 6.07) is 6.97. The minimum absolute atomic E-state index is 0.0926. The fourth-order valence-electron chi connectivity index (χ4n) is 1.89. The lowest BCUT2D eigenvalue weighted by Gasteiger charge is -2.23. The maximum absolute atomic E-state index is 12.3. The van der Waals surface area contributed by atoms with Crippen molar-refractivity contribution < 1.29 is 8.42 Å². The first-order chi connectivity index (χ1) is 9.24. The summed E-state index contributed by atoms with van der Waals surface area (Å²) in [7, 11) is -1.62. The molecule has 0 spiro atoms. The number of hydrogen-bond donors (Lipinski definition) is 2. The summed E-state index contributed by atoms with van der Waals surface area (Å²) in [5.74, 6) is 0. The minimum atomic E-state index is -3.50. The second kappa shape index (κ2) is 7.06. The van der Waals surface area contributed by atoms with Crippen molar-refractivity contribution in [2.24, 2.45) is 5.73 Å². The van der Waals surface area contributed by atoms with Crippen LogP contribution in [0.1, 0.15) is 27.2 Å². The number of nitrogens with one attached hydrogen (secondary N) is 1. The summed E-state index contributed by atoms with van der Waals surface area (Å²) in [6.07, 6.45) is 0.808. The normalized spacial score (nSPS) is 13.5. The van der Waals surface area contributed by atoms with Crippen molar-refractivity contribution in [1.29, 1.82) is 0 Å². The molecule has 1 aromatic carbocycles. The Kier molecular flexibility index (Phi) is 5.98. The molecule has 0 radical (unpaired) electrons. The molecule has 1 atom stereocenters. The van der Waals surface area contributed by atoms with Gasteiger partial charge < -0.3 is 10.6 Å². The highest BCUT2D eigenvalue weighted by Gasteiger charge is 2.20. The number of benzene rings is 1. The van der Waals surface area contributed by atoms with E-state index in [1.54, 1.807) is 26.0 Å². The molecule has 0 aliphatic rings. The average Bonchev–Trinajstić information content (AvgIpc) is 2.34. The van der Waals surface area contributed by atoms with Gasteiger partial charge in [0.05, 0.1) is 5.69 Å². The zero-order valence-corrected chi connectivity index (χ0v) is 13.4.